The van der Waals surface area contributed by atoms with Crippen LogP contribution in [0.3, 0.4) is 0 Å². The van der Waals surface area contributed by atoms with Gasteiger partial charge in [0.05, 0.1) is 0 Å². The van der Waals surface area contributed by atoms with E-state index in [0.717, 1.165) is 5.69 Å². The number of hydrogen-bond acceptors (Lipinski definition) is 4. The first kappa shape index (κ1) is 12.9. The third kappa shape index (κ3) is 4.16. The summed E-state index contributed by atoms with van der Waals surface area (Å²) in [6.07, 6.45) is 2.08. The number of carbonyl (C=O) groups is 1. The zero-order chi connectivity index (χ0) is 12.3. The SMILES string of the molecule is CC(C)(C)OC(=O)[C@@H](N)Cc1c[nH]c(=S)[nH]1. The standard InChI is InChI=1S/C10H17N3O2S/c1-10(2,3)15-8(14)7(11)4-6-5-12-9(16)13-6/h5,7H,4,11H2,1-3H3,(H2,12,13,16)/t7-/m0/s1. The van der Waals surface area contributed by atoms with Crippen LogP contribution in [-0.2, 0) is 16.0 Å². The predicted molar refractivity (Wildman–Crippen MR) is 63.5 cm³/mol. The van der Waals surface area contributed by atoms with Crippen molar-refractivity contribution in [2.75, 3.05) is 0 Å². The molecule has 5 nitrogen and oxygen atoms in total. The molecule has 1 atom stereocenters. The van der Waals surface area contributed by atoms with E-state index < -0.39 is 17.6 Å². The summed E-state index contributed by atoms with van der Waals surface area (Å²) in [4.78, 5) is 17.3. The van der Waals surface area contributed by atoms with E-state index in [0.29, 0.717) is 11.2 Å². The van der Waals surface area contributed by atoms with E-state index in [2.05, 4.69) is 9.97 Å². The molecule has 0 aliphatic rings. The Hall–Kier alpha value is -1.14. The van der Waals surface area contributed by atoms with Crippen LogP contribution in [0.4, 0.5) is 0 Å². The normalized spacial score (nSPS) is 13.5. The van der Waals surface area contributed by atoms with Gasteiger partial charge in [0.1, 0.15) is 11.6 Å². The summed E-state index contributed by atoms with van der Waals surface area (Å²) in [5.74, 6) is -0.409. The Bertz CT molecular complexity index is 416. The fourth-order valence-corrected chi connectivity index (χ4v) is 1.37. The van der Waals surface area contributed by atoms with Crippen molar-refractivity contribution >= 4 is 18.2 Å². The summed E-state index contributed by atoms with van der Waals surface area (Å²) in [6.45, 7) is 5.42. The van der Waals surface area contributed by atoms with Crippen molar-refractivity contribution in [1.29, 1.82) is 0 Å². The molecule has 0 aliphatic heterocycles. The van der Waals surface area contributed by atoms with Crippen LogP contribution in [0.2, 0.25) is 0 Å². The van der Waals surface area contributed by atoms with Crippen LogP contribution < -0.4 is 5.73 Å². The van der Waals surface area contributed by atoms with Gasteiger partial charge < -0.3 is 20.4 Å². The number of esters is 1. The summed E-state index contributed by atoms with van der Waals surface area (Å²) in [7, 11) is 0. The van der Waals surface area contributed by atoms with E-state index in [1.54, 1.807) is 27.0 Å². The Morgan fingerprint density at radius 2 is 2.25 bits per heavy atom. The topological polar surface area (TPSA) is 83.9 Å². The molecular weight excluding hydrogens is 226 g/mol. The molecule has 0 saturated carbocycles. The first-order valence-electron chi connectivity index (χ1n) is 5.03. The molecule has 4 N–H and O–H groups in total. The van der Waals surface area contributed by atoms with Crippen molar-refractivity contribution < 1.29 is 9.53 Å². The maximum atomic E-state index is 11.6. The fourth-order valence-electron chi connectivity index (χ4n) is 1.18. The van der Waals surface area contributed by atoms with E-state index >= 15 is 0 Å². The second kappa shape index (κ2) is 4.80. The lowest BCUT2D eigenvalue weighted by atomic mass is 10.1. The highest BCUT2D eigenvalue weighted by Crippen LogP contribution is 2.09. The second-order valence-corrected chi connectivity index (χ2v) is 5.02. The highest BCUT2D eigenvalue weighted by Gasteiger charge is 2.22. The Kier molecular flexibility index (Phi) is 3.88. The van der Waals surface area contributed by atoms with Gasteiger partial charge in [0.15, 0.2) is 4.77 Å². The first-order valence-corrected chi connectivity index (χ1v) is 5.44. The molecule has 1 aromatic rings. The van der Waals surface area contributed by atoms with Gasteiger partial charge in [0, 0.05) is 18.3 Å². The minimum atomic E-state index is -0.680. The van der Waals surface area contributed by atoms with Crippen LogP contribution in [0, 0.1) is 4.77 Å². The Labute approximate surface area is 99.4 Å². The van der Waals surface area contributed by atoms with Crippen LogP contribution in [0.1, 0.15) is 26.5 Å². The minimum absolute atomic E-state index is 0.377. The molecule has 0 radical (unpaired) electrons. The van der Waals surface area contributed by atoms with Crippen LogP contribution in [-0.4, -0.2) is 27.6 Å². The molecular formula is C10H17N3O2S. The van der Waals surface area contributed by atoms with E-state index in [4.69, 9.17) is 22.7 Å². The number of H-pyrrole nitrogens is 2. The molecule has 0 aromatic carbocycles. The third-order valence-electron chi connectivity index (χ3n) is 1.80. The van der Waals surface area contributed by atoms with Gasteiger partial charge in [-0.3, -0.25) is 4.79 Å². The molecule has 0 unspecified atom stereocenters. The fraction of sp³-hybridized carbons (Fsp3) is 0.600. The quantitative estimate of drug-likeness (QED) is 0.551. The summed E-state index contributed by atoms with van der Waals surface area (Å²) in [6, 6.07) is -0.680. The highest BCUT2D eigenvalue weighted by molar-refractivity contribution is 7.71. The number of nitrogens with two attached hydrogens (primary N) is 1. The minimum Gasteiger partial charge on any atom is -0.459 e. The second-order valence-electron chi connectivity index (χ2n) is 4.61. The van der Waals surface area contributed by atoms with Gasteiger partial charge in [-0.1, -0.05) is 0 Å². The lowest BCUT2D eigenvalue weighted by Gasteiger charge is -2.21. The Morgan fingerprint density at radius 1 is 1.62 bits per heavy atom. The molecule has 0 fully saturated rings. The van der Waals surface area contributed by atoms with E-state index in [9.17, 15) is 4.79 Å². The van der Waals surface area contributed by atoms with Crippen molar-refractivity contribution in [3.8, 4) is 0 Å². The van der Waals surface area contributed by atoms with Crippen molar-refractivity contribution in [2.45, 2.75) is 38.8 Å². The van der Waals surface area contributed by atoms with Gasteiger partial charge in [-0.05, 0) is 33.0 Å². The largest absolute Gasteiger partial charge is 0.459 e. The molecule has 0 aliphatic carbocycles. The molecule has 0 saturated heterocycles. The number of aromatic nitrogens is 2. The van der Waals surface area contributed by atoms with Gasteiger partial charge in [-0.2, -0.15) is 0 Å². The van der Waals surface area contributed by atoms with Crippen molar-refractivity contribution in [1.82, 2.24) is 9.97 Å². The molecule has 0 bridgehead atoms. The zero-order valence-electron chi connectivity index (χ0n) is 9.66. The zero-order valence-corrected chi connectivity index (χ0v) is 10.5. The van der Waals surface area contributed by atoms with Gasteiger partial charge in [-0.25, -0.2) is 0 Å². The molecule has 90 valence electrons. The Morgan fingerprint density at radius 3 is 2.69 bits per heavy atom. The number of carbonyl (C=O) groups excluding carboxylic acids is 1. The number of ether oxygens (including phenoxy) is 1. The smallest absolute Gasteiger partial charge is 0.323 e. The number of hydrogen-bond donors (Lipinski definition) is 3. The van der Waals surface area contributed by atoms with Gasteiger partial charge in [-0.15, -0.1) is 0 Å². The number of imidazole rings is 1. The molecule has 0 amide bonds. The van der Waals surface area contributed by atoms with Crippen LogP contribution in [0.15, 0.2) is 6.20 Å². The van der Waals surface area contributed by atoms with E-state index in [1.807, 2.05) is 0 Å². The number of aromatic amines is 2. The molecule has 0 spiro atoms. The summed E-state index contributed by atoms with van der Waals surface area (Å²) in [5, 5.41) is 0. The maximum Gasteiger partial charge on any atom is 0.323 e. The predicted octanol–water partition coefficient (Wildman–Crippen LogP) is 1.28. The van der Waals surface area contributed by atoms with Gasteiger partial charge >= 0.3 is 5.97 Å². The summed E-state index contributed by atoms with van der Waals surface area (Å²) >= 11 is 4.87. The maximum absolute atomic E-state index is 11.6. The van der Waals surface area contributed by atoms with Crippen LogP contribution >= 0.6 is 12.2 Å². The molecule has 1 aromatic heterocycles. The van der Waals surface area contributed by atoms with Crippen molar-refractivity contribution in [3.63, 3.8) is 0 Å². The lowest BCUT2D eigenvalue weighted by molar-refractivity contribution is -0.156. The van der Waals surface area contributed by atoms with E-state index in [-0.39, 0.29) is 0 Å². The highest BCUT2D eigenvalue weighted by atomic mass is 32.1. The number of rotatable bonds is 3. The number of nitrogens with one attached hydrogen (secondary N) is 2. The van der Waals surface area contributed by atoms with Gasteiger partial charge in [0.25, 0.3) is 0 Å². The Balaban J connectivity index is 2.55. The lowest BCUT2D eigenvalue weighted by Crippen LogP contribution is -2.38. The monoisotopic (exact) mass is 243 g/mol. The first-order chi connectivity index (χ1) is 7.28. The average molecular weight is 243 g/mol. The van der Waals surface area contributed by atoms with Gasteiger partial charge in [0.2, 0.25) is 0 Å². The van der Waals surface area contributed by atoms with Crippen LogP contribution in [0.25, 0.3) is 0 Å². The van der Waals surface area contributed by atoms with Crippen molar-refractivity contribution in [2.24, 2.45) is 5.73 Å². The van der Waals surface area contributed by atoms with Crippen LogP contribution in [0.5, 0.6) is 0 Å². The molecule has 16 heavy (non-hydrogen) atoms. The average Bonchev–Trinajstić information content (AvgIpc) is 2.48. The summed E-state index contributed by atoms with van der Waals surface area (Å²) < 4.78 is 5.68. The molecule has 1 heterocycles. The third-order valence-corrected chi connectivity index (χ3v) is 2.02. The molecule has 1 rings (SSSR count). The molecule has 6 heteroatoms. The summed E-state index contributed by atoms with van der Waals surface area (Å²) in [5.41, 5.74) is 6.00. The van der Waals surface area contributed by atoms with Crippen molar-refractivity contribution in [3.05, 3.63) is 16.7 Å². The van der Waals surface area contributed by atoms with E-state index in [1.165, 1.54) is 0 Å².